The number of carbonyl (C=O) groups excluding carboxylic acids is 4. The molecule has 1 saturated heterocycles. The van der Waals surface area contributed by atoms with Crippen molar-refractivity contribution in [2.24, 2.45) is 11.8 Å². The number of halogens is 3. The molecular weight excluding hydrogens is 585 g/mol. The maximum absolute atomic E-state index is 13.8. The van der Waals surface area contributed by atoms with Crippen LogP contribution in [0.5, 0.6) is 0 Å². The van der Waals surface area contributed by atoms with Gasteiger partial charge >= 0.3 is 0 Å². The topological polar surface area (TPSA) is 95.6 Å². The Morgan fingerprint density at radius 1 is 0.707 bits per heavy atom. The van der Waals surface area contributed by atoms with Gasteiger partial charge in [-0.15, -0.1) is 23.2 Å². The number of hydrogen-bond donors (Lipinski definition) is 2. The van der Waals surface area contributed by atoms with Gasteiger partial charge in [-0.2, -0.15) is 0 Å². The lowest BCUT2D eigenvalue weighted by molar-refractivity contribution is -0.140. The van der Waals surface area contributed by atoms with Crippen molar-refractivity contribution in [3.8, 4) is 0 Å². The molecule has 3 aliphatic carbocycles. The lowest BCUT2D eigenvalue weighted by Gasteiger charge is -2.54. The van der Waals surface area contributed by atoms with Gasteiger partial charge < -0.3 is 0 Å². The molecule has 4 aliphatic rings. The second-order valence-corrected chi connectivity index (χ2v) is 12.2. The van der Waals surface area contributed by atoms with Crippen molar-refractivity contribution in [1.82, 2.24) is 15.8 Å². The van der Waals surface area contributed by atoms with E-state index in [0.717, 1.165) is 22.3 Å². The van der Waals surface area contributed by atoms with Crippen LogP contribution in [0, 0.1) is 11.8 Å². The molecule has 210 valence electrons. The van der Waals surface area contributed by atoms with Crippen molar-refractivity contribution in [2.75, 3.05) is 6.54 Å². The molecule has 3 aromatic rings. The molecule has 1 fully saturated rings. The Morgan fingerprint density at radius 3 is 1.71 bits per heavy atom. The third-order valence-corrected chi connectivity index (χ3v) is 10.0. The van der Waals surface area contributed by atoms with Gasteiger partial charge in [-0.25, -0.2) is 0 Å². The van der Waals surface area contributed by atoms with E-state index < -0.39 is 27.5 Å². The third-order valence-electron chi connectivity index (χ3n) is 8.40. The third kappa shape index (κ3) is 4.17. The van der Waals surface area contributed by atoms with Gasteiger partial charge in [0.25, 0.3) is 5.91 Å². The second-order valence-electron chi connectivity index (χ2n) is 10.6. The summed E-state index contributed by atoms with van der Waals surface area (Å²) < 4.78 is 0. The van der Waals surface area contributed by atoms with Crippen LogP contribution < -0.4 is 10.9 Å². The summed E-state index contributed by atoms with van der Waals surface area (Å²) in [6.45, 7) is 0.210. The molecule has 4 amide bonds. The number of rotatable bonds is 7. The van der Waals surface area contributed by atoms with Crippen molar-refractivity contribution in [3.63, 3.8) is 0 Å². The average Bonchev–Trinajstić information content (AvgIpc) is 3.25. The number of unbranched alkanes of at least 4 members (excludes halogenated alkanes) is 2. The van der Waals surface area contributed by atoms with E-state index in [1.807, 2.05) is 48.5 Å². The molecule has 0 saturated carbocycles. The molecule has 0 radical (unpaired) electrons. The van der Waals surface area contributed by atoms with Crippen LogP contribution in [0.1, 0.15) is 58.3 Å². The Labute approximate surface area is 252 Å². The van der Waals surface area contributed by atoms with E-state index in [0.29, 0.717) is 19.3 Å². The molecule has 2 atom stereocenters. The molecule has 41 heavy (non-hydrogen) atoms. The van der Waals surface area contributed by atoms with Gasteiger partial charge in [0.1, 0.15) is 9.75 Å². The first-order chi connectivity index (χ1) is 19.7. The minimum absolute atomic E-state index is 0.163. The molecule has 0 aromatic heterocycles. The van der Waals surface area contributed by atoms with Crippen LogP contribution >= 0.6 is 34.8 Å². The quantitative estimate of drug-likeness (QED) is 0.165. The number of benzene rings is 3. The number of hydrogen-bond acceptors (Lipinski definition) is 4. The van der Waals surface area contributed by atoms with Crippen molar-refractivity contribution in [2.45, 2.75) is 35.4 Å². The fraction of sp³-hybridized carbons (Fsp3) is 0.290. The predicted molar refractivity (Wildman–Crippen MR) is 155 cm³/mol. The second kappa shape index (κ2) is 10.5. The van der Waals surface area contributed by atoms with Crippen LogP contribution in [-0.4, -0.2) is 35.1 Å². The van der Waals surface area contributed by atoms with Gasteiger partial charge in [-0.3, -0.25) is 34.9 Å². The zero-order chi connectivity index (χ0) is 28.9. The minimum atomic E-state index is -1.19. The number of amides is 4. The number of carbonyl (C=O) groups is 4. The summed E-state index contributed by atoms with van der Waals surface area (Å²) in [5, 5.41) is 0.283. The Kier molecular flexibility index (Phi) is 7.09. The molecule has 2 bridgehead atoms. The van der Waals surface area contributed by atoms with Crippen molar-refractivity contribution < 1.29 is 19.2 Å². The maximum Gasteiger partial charge on any atom is 0.271 e. The fourth-order valence-corrected chi connectivity index (χ4v) is 7.90. The SMILES string of the molecule is O=C(CCCCCN1C(=O)[C@@H]2[C@@H](C1=O)C1(Cl)c3ccccc3C2(Cl)c2ccccc21)NNC(=O)c1ccccc1Cl. The standard InChI is InChI=1S/C31H26Cl3N3O4/c32-23-15-8-3-10-18(23)27(39)36-35-24(38)16-2-1-9-17-37-28(40)25-26(29(37)41)31(34)20-12-5-4-11-19(20)30(25,33)21-13-6-7-14-22(21)31/h3-8,10-15,25-26H,1-2,9,16-17H2,(H,35,38)(H,36,39)/t25-,26-,30?,31?/m0/s1. The zero-order valence-electron chi connectivity index (χ0n) is 21.8. The molecule has 3 aromatic carbocycles. The van der Waals surface area contributed by atoms with Gasteiger partial charge in [0.05, 0.1) is 22.4 Å². The smallest absolute Gasteiger partial charge is 0.271 e. The summed E-state index contributed by atoms with van der Waals surface area (Å²) in [5.41, 5.74) is 8.08. The summed E-state index contributed by atoms with van der Waals surface area (Å²) in [6.07, 6.45) is 1.78. The van der Waals surface area contributed by atoms with Gasteiger partial charge in [0.2, 0.25) is 17.7 Å². The molecule has 7 nitrogen and oxygen atoms in total. The first-order valence-corrected chi connectivity index (χ1v) is 14.6. The number of hydrazine groups is 1. The first kappa shape index (κ1) is 27.8. The molecule has 1 heterocycles. The van der Waals surface area contributed by atoms with E-state index in [1.54, 1.807) is 24.3 Å². The zero-order valence-corrected chi connectivity index (χ0v) is 24.1. The van der Waals surface area contributed by atoms with Crippen LogP contribution in [0.3, 0.4) is 0 Å². The Morgan fingerprint density at radius 2 is 1.20 bits per heavy atom. The largest absolute Gasteiger partial charge is 0.282 e. The molecule has 0 unspecified atom stereocenters. The van der Waals surface area contributed by atoms with Gasteiger partial charge in [-0.05, 0) is 47.2 Å². The van der Waals surface area contributed by atoms with Crippen LogP contribution in [0.25, 0.3) is 0 Å². The van der Waals surface area contributed by atoms with Crippen molar-refractivity contribution in [1.29, 1.82) is 0 Å². The lowest BCUT2D eigenvalue weighted by atomic mass is 9.54. The van der Waals surface area contributed by atoms with E-state index >= 15 is 0 Å². The van der Waals surface area contributed by atoms with Crippen LogP contribution in [0.4, 0.5) is 0 Å². The molecular formula is C31H26Cl3N3O4. The van der Waals surface area contributed by atoms with E-state index in [-0.39, 0.29) is 41.3 Å². The highest BCUT2D eigenvalue weighted by Crippen LogP contribution is 2.69. The maximum atomic E-state index is 13.8. The monoisotopic (exact) mass is 609 g/mol. The highest BCUT2D eigenvalue weighted by atomic mass is 35.5. The number of nitrogens with one attached hydrogen (secondary N) is 2. The summed E-state index contributed by atoms with van der Waals surface area (Å²) in [4.78, 5) is 51.0. The van der Waals surface area contributed by atoms with E-state index in [2.05, 4.69) is 10.9 Å². The summed E-state index contributed by atoms with van der Waals surface area (Å²) in [7, 11) is 0. The van der Waals surface area contributed by atoms with Crippen LogP contribution in [-0.2, 0) is 24.1 Å². The van der Waals surface area contributed by atoms with E-state index in [9.17, 15) is 19.2 Å². The highest BCUT2D eigenvalue weighted by Gasteiger charge is 2.72. The molecule has 7 rings (SSSR count). The highest BCUT2D eigenvalue weighted by molar-refractivity contribution is 6.36. The average molecular weight is 611 g/mol. The lowest BCUT2D eigenvalue weighted by Crippen LogP contribution is -2.57. The van der Waals surface area contributed by atoms with Gasteiger partial charge in [-0.1, -0.05) is 78.7 Å². The minimum Gasteiger partial charge on any atom is -0.282 e. The van der Waals surface area contributed by atoms with E-state index in [4.69, 9.17) is 34.8 Å². The predicted octanol–water partition coefficient (Wildman–Crippen LogP) is 5.25. The summed E-state index contributed by atoms with van der Waals surface area (Å²) >= 11 is 20.9. The fourth-order valence-electron chi connectivity index (χ4n) is 6.58. The summed E-state index contributed by atoms with van der Waals surface area (Å²) in [5.74, 6) is -3.13. The van der Waals surface area contributed by atoms with Crippen molar-refractivity contribution >= 4 is 58.4 Å². The Hall–Kier alpha value is -3.39. The molecule has 1 aliphatic heterocycles. The molecule has 0 spiro atoms. The van der Waals surface area contributed by atoms with Crippen molar-refractivity contribution in [3.05, 3.63) is 106 Å². The number of alkyl halides is 2. The van der Waals surface area contributed by atoms with Gasteiger partial charge in [0.15, 0.2) is 0 Å². The number of imide groups is 1. The normalized spacial score (nSPS) is 25.4. The van der Waals surface area contributed by atoms with Crippen LogP contribution in [0.15, 0.2) is 72.8 Å². The first-order valence-electron chi connectivity index (χ1n) is 13.5. The Balaban J connectivity index is 1.09. The molecule has 2 N–H and O–H groups in total. The van der Waals surface area contributed by atoms with Crippen LogP contribution in [0.2, 0.25) is 5.02 Å². The molecule has 10 heteroatoms. The van der Waals surface area contributed by atoms with Gasteiger partial charge in [0, 0.05) is 13.0 Å². The number of nitrogens with zero attached hydrogens (tertiary/aromatic N) is 1. The Bertz CT molecular complexity index is 1470. The van der Waals surface area contributed by atoms with E-state index in [1.165, 1.54) is 4.90 Å². The summed E-state index contributed by atoms with van der Waals surface area (Å²) in [6, 6.07) is 21.6. The number of likely N-dealkylation sites (tertiary alicyclic amines) is 1.